The van der Waals surface area contributed by atoms with Crippen molar-refractivity contribution in [2.75, 3.05) is 10.6 Å². The van der Waals surface area contributed by atoms with Crippen LogP contribution in [0.4, 0.5) is 16.2 Å². The van der Waals surface area contributed by atoms with E-state index in [1.165, 1.54) is 11.3 Å². The van der Waals surface area contributed by atoms with Crippen molar-refractivity contribution in [1.82, 2.24) is 4.57 Å². The summed E-state index contributed by atoms with van der Waals surface area (Å²) in [7, 11) is 0. The fourth-order valence-corrected chi connectivity index (χ4v) is 3.71. The van der Waals surface area contributed by atoms with Gasteiger partial charge < -0.3 is 10.6 Å². The minimum atomic E-state index is -0.368. The predicted molar refractivity (Wildman–Crippen MR) is 101 cm³/mol. The number of nitrogens with zero attached hydrogens (tertiary/aromatic N) is 1. The lowest BCUT2D eigenvalue weighted by Crippen LogP contribution is -2.19. The largest absolute Gasteiger partial charge is 0.323 e. The molecule has 2 aromatic carbocycles. The molecule has 0 bridgehead atoms. The number of amides is 2. The molecular weight excluding hydrogens is 346 g/mol. The van der Waals surface area contributed by atoms with Crippen molar-refractivity contribution in [2.45, 2.75) is 19.9 Å². The molecule has 1 heterocycles. The monoisotopic (exact) mass is 361 g/mol. The molecule has 0 aliphatic rings. The van der Waals surface area contributed by atoms with Crippen LogP contribution in [-0.4, -0.2) is 10.6 Å². The quantitative estimate of drug-likeness (QED) is 0.693. The Labute approximate surface area is 147 Å². The molecule has 0 atom stereocenters. The van der Waals surface area contributed by atoms with Gasteiger partial charge in [0.05, 0.1) is 10.2 Å². The topological polar surface area (TPSA) is 63.1 Å². The molecule has 0 saturated heterocycles. The Morgan fingerprint density at radius 2 is 1.83 bits per heavy atom. The van der Waals surface area contributed by atoms with Gasteiger partial charge in [0.15, 0.2) is 0 Å². The Hall–Kier alpha value is -2.31. The van der Waals surface area contributed by atoms with Crippen LogP contribution in [0.2, 0.25) is 5.02 Å². The lowest BCUT2D eigenvalue weighted by Gasteiger charge is -2.09. The second kappa shape index (κ2) is 6.67. The number of fused-ring (bicyclic) bond motifs is 1. The Morgan fingerprint density at radius 1 is 1.12 bits per heavy atom. The van der Waals surface area contributed by atoms with Gasteiger partial charge in [-0.3, -0.25) is 9.36 Å². The summed E-state index contributed by atoms with van der Waals surface area (Å²) in [5.74, 6) is 0. The van der Waals surface area contributed by atoms with E-state index in [4.69, 9.17) is 11.6 Å². The number of aromatic nitrogens is 1. The van der Waals surface area contributed by atoms with Crippen LogP contribution in [-0.2, 0) is 0 Å². The smallest absolute Gasteiger partial charge is 0.308 e. The number of carbonyl (C=O) groups is 1. The highest BCUT2D eigenvalue weighted by molar-refractivity contribution is 7.16. The first-order valence-electron chi connectivity index (χ1n) is 7.42. The Bertz CT molecular complexity index is 962. The lowest BCUT2D eigenvalue weighted by atomic mass is 10.2. The summed E-state index contributed by atoms with van der Waals surface area (Å²) in [6.45, 7) is 3.94. The lowest BCUT2D eigenvalue weighted by molar-refractivity contribution is 0.262. The molecule has 7 heteroatoms. The van der Waals surface area contributed by atoms with Crippen LogP contribution in [0.1, 0.15) is 19.9 Å². The van der Waals surface area contributed by atoms with E-state index >= 15 is 0 Å². The van der Waals surface area contributed by atoms with Gasteiger partial charge >= 0.3 is 10.9 Å². The van der Waals surface area contributed by atoms with E-state index < -0.39 is 0 Å². The zero-order chi connectivity index (χ0) is 17.3. The van der Waals surface area contributed by atoms with E-state index in [0.29, 0.717) is 16.4 Å². The molecule has 5 nitrogen and oxygen atoms in total. The SMILES string of the molecule is CC(C)n1c(=O)sc2cc(NC(=O)Nc3cccc(Cl)c3)ccc21. The number of rotatable bonds is 3. The van der Waals surface area contributed by atoms with Gasteiger partial charge in [0.2, 0.25) is 0 Å². The number of nitrogens with one attached hydrogen (secondary N) is 2. The van der Waals surface area contributed by atoms with Crippen molar-refractivity contribution in [3.05, 3.63) is 57.2 Å². The highest BCUT2D eigenvalue weighted by Gasteiger charge is 2.11. The van der Waals surface area contributed by atoms with Gasteiger partial charge in [-0.2, -0.15) is 0 Å². The normalized spacial score (nSPS) is 11.0. The molecule has 0 aliphatic heterocycles. The molecule has 0 unspecified atom stereocenters. The number of carbonyl (C=O) groups excluding carboxylic acids is 1. The molecule has 24 heavy (non-hydrogen) atoms. The third-order valence-electron chi connectivity index (χ3n) is 3.47. The van der Waals surface area contributed by atoms with E-state index in [1.54, 1.807) is 41.0 Å². The Balaban J connectivity index is 1.80. The third-order valence-corrected chi connectivity index (χ3v) is 4.62. The average Bonchev–Trinajstić information content (AvgIpc) is 2.82. The number of halogens is 1. The number of thiazole rings is 1. The maximum atomic E-state index is 12.1. The van der Waals surface area contributed by atoms with Crippen LogP contribution in [0.15, 0.2) is 47.3 Å². The third kappa shape index (κ3) is 3.44. The zero-order valence-corrected chi connectivity index (χ0v) is 14.7. The maximum Gasteiger partial charge on any atom is 0.323 e. The minimum absolute atomic E-state index is 0.000490. The van der Waals surface area contributed by atoms with E-state index in [9.17, 15) is 9.59 Å². The van der Waals surface area contributed by atoms with Gasteiger partial charge in [-0.1, -0.05) is 29.0 Å². The van der Waals surface area contributed by atoms with Crippen molar-refractivity contribution in [3.63, 3.8) is 0 Å². The summed E-state index contributed by atoms with van der Waals surface area (Å²) < 4.78 is 2.59. The van der Waals surface area contributed by atoms with Crippen LogP contribution in [0.5, 0.6) is 0 Å². The molecule has 3 aromatic rings. The molecule has 2 amide bonds. The van der Waals surface area contributed by atoms with Crippen molar-refractivity contribution in [1.29, 1.82) is 0 Å². The molecule has 124 valence electrons. The highest BCUT2D eigenvalue weighted by Crippen LogP contribution is 2.24. The molecule has 0 fully saturated rings. The Kier molecular flexibility index (Phi) is 4.59. The molecule has 1 aromatic heterocycles. The van der Waals surface area contributed by atoms with E-state index in [-0.39, 0.29) is 16.9 Å². The minimum Gasteiger partial charge on any atom is -0.308 e. The van der Waals surface area contributed by atoms with Gasteiger partial charge in [0.1, 0.15) is 0 Å². The average molecular weight is 362 g/mol. The van der Waals surface area contributed by atoms with Gasteiger partial charge in [0.25, 0.3) is 0 Å². The van der Waals surface area contributed by atoms with Crippen LogP contribution in [0.3, 0.4) is 0 Å². The molecule has 0 radical (unpaired) electrons. The van der Waals surface area contributed by atoms with E-state index in [1.807, 2.05) is 19.9 Å². The highest BCUT2D eigenvalue weighted by atomic mass is 35.5. The van der Waals surface area contributed by atoms with Gasteiger partial charge in [0, 0.05) is 22.4 Å². The van der Waals surface area contributed by atoms with E-state index in [2.05, 4.69) is 10.6 Å². The Morgan fingerprint density at radius 3 is 2.50 bits per heavy atom. The van der Waals surface area contributed by atoms with Crippen LogP contribution < -0.4 is 15.5 Å². The van der Waals surface area contributed by atoms with Gasteiger partial charge in [-0.15, -0.1) is 0 Å². The zero-order valence-electron chi connectivity index (χ0n) is 13.2. The molecular formula is C17H16ClN3O2S. The second-order valence-electron chi connectivity index (χ2n) is 5.60. The summed E-state index contributed by atoms with van der Waals surface area (Å²) in [5.41, 5.74) is 2.11. The molecule has 0 spiro atoms. The number of anilines is 2. The van der Waals surface area contributed by atoms with Gasteiger partial charge in [-0.25, -0.2) is 4.79 Å². The maximum absolute atomic E-state index is 12.1. The number of benzene rings is 2. The fourth-order valence-electron chi connectivity index (χ4n) is 2.46. The van der Waals surface area contributed by atoms with Crippen molar-refractivity contribution >= 4 is 50.6 Å². The molecule has 3 rings (SSSR count). The summed E-state index contributed by atoms with van der Waals surface area (Å²) >= 11 is 7.07. The molecule has 0 aliphatic carbocycles. The second-order valence-corrected chi connectivity index (χ2v) is 7.03. The first-order valence-corrected chi connectivity index (χ1v) is 8.62. The summed E-state index contributed by atoms with van der Waals surface area (Å²) in [4.78, 5) is 24.1. The molecule has 2 N–H and O–H groups in total. The molecule has 0 saturated carbocycles. The standard InChI is InChI=1S/C17H16ClN3O2S/c1-10(2)21-14-7-6-13(9-15(14)24-17(21)23)20-16(22)19-12-5-3-4-11(18)8-12/h3-10H,1-2H3,(H2,19,20,22). The predicted octanol–water partition coefficient (Wildman–Crippen LogP) is 4.94. The van der Waals surface area contributed by atoms with Crippen molar-refractivity contribution in [3.8, 4) is 0 Å². The number of urea groups is 1. The summed E-state index contributed by atoms with van der Waals surface area (Å²) in [6.07, 6.45) is 0. The summed E-state index contributed by atoms with van der Waals surface area (Å²) in [6, 6.07) is 12.1. The van der Waals surface area contributed by atoms with Crippen molar-refractivity contribution < 1.29 is 4.79 Å². The van der Waals surface area contributed by atoms with Crippen LogP contribution in [0, 0.1) is 0 Å². The van der Waals surface area contributed by atoms with Crippen LogP contribution >= 0.6 is 22.9 Å². The summed E-state index contributed by atoms with van der Waals surface area (Å²) in [5, 5.41) is 6.03. The first-order chi connectivity index (χ1) is 11.4. The van der Waals surface area contributed by atoms with Crippen LogP contribution in [0.25, 0.3) is 10.2 Å². The van der Waals surface area contributed by atoms with E-state index in [0.717, 1.165) is 10.2 Å². The number of hydrogen-bond donors (Lipinski definition) is 2. The first kappa shape index (κ1) is 16.5. The van der Waals surface area contributed by atoms with Crippen molar-refractivity contribution in [2.24, 2.45) is 0 Å². The fraction of sp³-hybridized carbons (Fsp3) is 0.176. The van der Waals surface area contributed by atoms with Gasteiger partial charge in [-0.05, 0) is 50.2 Å². The number of hydrogen-bond acceptors (Lipinski definition) is 3.